The molecule has 0 aliphatic rings. The number of phenols is 1. The maximum atomic E-state index is 9.51. The summed E-state index contributed by atoms with van der Waals surface area (Å²) in [5, 5.41) is 16.2. The van der Waals surface area contributed by atoms with Crippen molar-refractivity contribution in [2.24, 2.45) is 0 Å². The number of unbranched alkanes of at least 4 members (excludes halogenated alkanes) is 2. The molecule has 0 aliphatic carbocycles. The molecular formula is C14H24N2O. The lowest BCUT2D eigenvalue weighted by Crippen LogP contribution is -2.12. The fourth-order valence-electron chi connectivity index (χ4n) is 1.71. The van der Waals surface area contributed by atoms with Crippen molar-refractivity contribution in [1.29, 1.82) is 0 Å². The van der Waals surface area contributed by atoms with Gasteiger partial charge in [0.1, 0.15) is 5.75 Å². The van der Waals surface area contributed by atoms with Crippen molar-refractivity contribution < 1.29 is 5.11 Å². The number of benzene rings is 1. The van der Waals surface area contributed by atoms with Gasteiger partial charge in [0.15, 0.2) is 0 Å². The Bertz CT molecular complexity index is 337. The van der Waals surface area contributed by atoms with Crippen LogP contribution < -0.4 is 10.6 Å². The third-order valence-corrected chi connectivity index (χ3v) is 2.54. The van der Waals surface area contributed by atoms with Crippen LogP contribution in [-0.4, -0.2) is 17.7 Å². The van der Waals surface area contributed by atoms with E-state index in [2.05, 4.69) is 31.4 Å². The largest absolute Gasteiger partial charge is 0.508 e. The van der Waals surface area contributed by atoms with E-state index in [1.807, 2.05) is 6.07 Å². The Labute approximate surface area is 104 Å². The number of nitrogens with one attached hydrogen (secondary N) is 2. The molecule has 0 aliphatic heterocycles. The number of hydrogen-bond donors (Lipinski definition) is 3. The van der Waals surface area contributed by atoms with Crippen LogP contribution in [0.2, 0.25) is 0 Å². The summed E-state index contributed by atoms with van der Waals surface area (Å²) in [6, 6.07) is 5.78. The SMILES string of the molecule is CCCCCNc1cc(O)ccc1NC(C)C. The highest BCUT2D eigenvalue weighted by Gasteiger charge is 2.04. The topological polar surface area (TPSA) is 44.3 Å². The van der Waals surface area contributed by atoms with Crippen LogP contribution in [0.5, 0.6) is 5.75 Å². The highest BCUT2D eigenvalue weighted by atomic mass is 16.3. The lowest BCUT2D eigenvalue weighted by Gasteiger charge is -2.16. The minimum absolute atomic E-state index is 0.303. The van der Waals surface area contributed by atoms with Gasteiger partial charge in [-0.1, -0.05) is 19.8 Å². The summed E-state index contributed by atoms with van der Waals surface area (Å²) < 4.78 is 0. The van der Waals surface area contributed by atoms with Gasteiger partial charge in [-0.05, 0) is 32.4 Å². The number of anilines is 2. The predicted molar refractivity (Wildman–Crippen MR) is 74.9 cm³/mol. The van der Waals surface area contributed by atoms with Crippen LogP contribution in [-0.2, 0) is 0 Å². The van der Waals surface area contributed by atoms with E-state index < -0.39 is 0 Å². The molecule has 1 aromatic carbocycles. The van der Waals surface area contributed by atoms with Gasteiger partial charge in [-0.2, -0.15) is 0 Å². The second-order valence-electron chi connectivity index (χ2n) is 4.66. The molecule has 0 saturated carbocycles. The number of hydrogen-bond acceptors (Lipinski definition) is 3. The smallest absolute Gasteiger partial charge is 0.117 e. The minimum Gasteiger partial charge on any atom is -0.508 e. The van der Waals surface area contributed by atoms with Crippen molar-refractivity contribution in [3.8, 4) is 5.75 Å². The van der Waals surface area contributed by atoms with Crippen LogP contribution in [0, 0.1) is 0 Å². The molecule has 0 heterocycles. The van der Waals surface area contributed by atoms with E-state index >= 15 is 0 Å². The average molecular weight is 236 g/mol. The van der Waals surface area contributed by atoms with Crippen LogP contribution in [0.15, 0.2) is 18.2 Å². The van der Waals surface area contributed by atoms with Crippen molar-refractivity contribution in [3.05, 3.63) is 18.2 Å². The molecule has 0 bridgehead atoms. The van der Waals surface area contributed by atoms with Gasteiger partial charge in [0.2, 0.25) is 0 Å². The lowest BCUT2D eigenvalue weighted by atomic mass is 10.2. The van der Waals surface area contributed by atoms with E-state index in [1.54, 1.807) is 12.1 Å². The summed E-state index contributed by atoms with van der Waals surface area (Å²) in [4.78, 5) is 0. The third kappa shape index (κ3) is 4.98. The molecule has 3 nitrogen and oxygen atoms in total. The van der Waals surface area contributed by atoms with Gasteiger partial charge in [0.05, 0.1) is 11.4 Å². The number of phenolic OH excluding ortho intramolecular Hbond substituents is 1. The predicted octanol–water partition coefficient (Wildman–Crippen LogP) is 3.81. The normalized spacial score (nSPS) is 10.6. The highest BCUT2D eigenvalue weighted by Crippen LogP contribution is 2.27. The molecule has 96 valence electrons. The first-order valence-corrected chi connectivity index (χ1v) is 6.47. The number of aromatic hydroxyl groups is 1. The molecular weight excluding hydrogens is 212 g/mol. The van der Waals surface area contributed by atoms with Gasteiger partial charge >= 0.3 is 0 Å². The maximum Gasteiger partial charge on any atom is 0.117 e. The molecule has 1 aromatic rings. The molecule has 0 aromatic heterocycles. The molecule has 0 spiro atoms. The van der Waals surface area contributed by atoms with Gasteiger partial charge in [-0.25, -0.2) is 0 Å². The summed E-state index contributed by atoms with van der Waals surface area (Å²) in [5.74, 6) is 0.303. The summed E-state index contributed by atoms with van der Waals surface area (Å²) in [6.07, 6.45) is 3.62. The monoisotopic (exact) mass is 236 g/mol. The highest BCUT2D eigenvalue weighted by molar-refractivity contribution is 5.70. The summed E-state index contributed by atoms with van der Waals surface area (Å²) in [5.41, 5.74) is 2.03. The average Bonchev–Trinajstić information content (AvgIpc) is 2.27. The zero-order valence-electron chi connectivity index (χ0n) is 11.1. The van der Waals surface area contributed by atoms with Crippen molar-refractivity contribution in [3.63, 3.8) is 0 Å². The van der Waals surface area contributed by atoms with E-state index in [4.69, 9.17) is 0 Å². The van der Waals surface area contributed by atoms with Crippen LogP contribution in [0.4, 0.5) is 11.4 Å². The fourth-order valence-corrected chi connectivity index (χ4v) is 1.71. The molecule has 3 N–H and O–H groups in total. The van der Waals surface area contributed by atoms with Gasteiger partial charge in [0, 0.05) is 18.7 Å². The van der Waals surface area contributed by atoms with E-state index in [0.29, 0.717) is 11.8 Å². The molecule has 1 rings (SSSR count). The molecule has 0 atom stereocenters. The van der Waals surface area contributed by atoms with Gasteiger partial charge in [-0.3, -0.25) is 0 Å². The molecule has 0 radical (unpaired) electrons. The van der Waals surface area contributed by atoms with Crippen molar-refractivity contribution >= 4 is 11.4 Å². The van der Waals surface area contributed by atoms with Crippen molar-refractivity contribution in [2.75, 3.05) is 17.2 Å². The van der Waals surface area contributed by atoms with E-state index in [9.17, 15) is 5.11 Å². The number of rotatable bonds is 7. The first-order valence-electron chi connectivity index (χ1n) is 6.47. The molecule has 0 unspecified atom stereocenters. The Morgan fingerprint density at radius 2 is 1.94 bits per heavy atom. The van der Waals surface area contributed by atoms with E-state index in [1.165, 1.54) is 12.8 Å². The molecule has 0 fully saturated rings. The van der Waals surface area contributed by atoms with Crippen LogP contribution in [0.25, 0.3) is 0 Å². The molecule has 0 saturated heterocycles. The second kappa shape index (κ2) is 7.05. The quantitative estimate of drug-likeness (QED) is 0.498. The standard InChI is InChI=1S/C14H24N2O/c1-4-5-6-9-15-14-10-12(17)7-8-13(14)16-11(2)3/h7-8,10-11,15-17H,4-6,9H2,1-3H3. The maximum absolute atomic E-state index is 9.51. The third-order valence-electron chi connectivity index (χ3n) is 2.54. The first kappa shape index (κ1) is 13.7. The summed E-state index contributed by atoms with van der Waals surface area (Å²) in [7, 11) is 0. The Morgan fingerprint density at radius 3 is 2.59 bits per heavy atom. The van der Waals surface area contributed by atoms with E-state index in [0.717, 1.165) is 24.3 Å². The van der Waals surface area contributed by atoms with Crippen LogP contribution in [0.1, 0.15) is 40.0 Å². The Hall–Kier alpha value is -1.38. The Morgan fingerprint density at radius 1 is 1.18 bits per heavy atom. The zero-order chi connectivity index (χ0) is 12.7. The molecule has 3 heteroatoms. The van der Waals surface area contributed by atoms with E-state index in [-0.39, 0.29) is 0 Å². The Kier molecular flexibility index (Phi) is 5.67. The van der Waals surface area contributed by atoms with Gasteiger partial charge in [0.25, 0.3) is 0 Å². The van der Waals surface area contributed by atoms with Gasteiger partial charge in [-0.15, -0.1) is 0 Å². The Balaban J connectivity index is 2.63. The lowest BCUT2D eigenvalue weighted by molar-refractivity contribution is 0.475. The van der Waals surface area contributed by atoms with Crippen LogP contribution in [0.3, 0.4) is 0 Å². The summed E-state index contributed by atoms with van der Waals surface area (Å²) >= 11 is 0. The molecule has 0 amide bonds. The van der Waals surface area contributed by atoms with Crippen molar-refractivity contribution in [1.82, 2.24) is 0 Å². The second-order valence-corrected chi connectivity index (χ2v) is 4.66. The summed E-state index contributed by atoms with van der Waals surface area (Å²) in [6.45, 7) is 7.35. The first-order chi connectivity index (χ1) is 8.13. The van der Waals surface area contributed by atoms with Gasteiger partial charge < -0.3 is 15.7 Å². The fraction of sp³-hybridized carbons (Fsp3) is 0.571. The minimum atomic E-state index is 0.303. The van der Waals surface area contributed by atoms with Crippen molar-refractivity contribution in [2.45, 2.75) is 46.1 Å². The molecule has 17 heavy (non-hydrogen) atoms. The van der Waals surface area contributed by atoms with Crippen LogP contribution >= 0.6 is 0 Å². The zero-order valence-corrected chi connectivity index (χ0v) is 11.1.